The van der Waals surface area contributed by atoms with Crippen molar-refractivity contribution in [3.8, 4) is 0 Å². The van der Waals surface area contributed by atoms with Crippen LogP contribution in [0.1, 0.15) is 69.6 Å². The lowest BCUT2D eigenvalue weighted by Gasteiger charge is -2.31. The van der Waals surface area contributed by atoms with Gasteiger partial charge in [-0.2, -0.15) is 0 Å². The molecule has 1 N–H and O–H groups in total. The van der Waals surface area contributed by atoms with Crippen LogP contribution in [0.5, 0.6) is 0 Å². The molecule has 0 unspecified atom stereocenters. The number of carbonyl (C=O) groups is 2. The van der Waals surface area contributed by atoms with Gasteiger partial charge in [0.05, 0.1) is 12.3 Å². The summed E-state index contributed by atoms with van der Waals surface area (Å²) in [7, 11) is 0. The van der Waals surface area contributed by atoms with E-state index in [1.165, 1.54) is 19.3 Å². The first-order valence-electron chi connectivity index (χ1n) is 11.1. The largest absolute Gasteiger partial charge is 0.468 e. The highest BCUT2D eigenvalue weighted by atomic mass is 16.3. The first-order valence-corrected chi connectivity index (χ1v) is 11.1. The number of nitrogens with one attached hydrogen (secondary N) is 1. The summed E-state index contributed by atoms with van der Waals surface area (Å²) in [5.41, 5.74) is 0. The highest BCUT2D eigenvalue weighted by Crippen LogP contribution is 2.29. The second kappa shape index (κ2) is 9.12. The molecule has 3 heterocycles. The van der Waals surface area contributed by atoms with E-state index in [1.54, 1.807) is 6.26 Å². The van der Waals surface area contributed by atoms with Crippen molar-refractivity contribution in [1.29, 1.82) is 0 Å². The zero-order chi connectivity index (χ0) is 19.3. The fourth-order valence-corrected chi connectivity index (χ4v) is 5.15. The third kappa shape index (κ3) is 4.27. The van der Waals surface area contributed by atoms with Crippen LogP contribution in [0, 0.1) is 5.92 Å². The molecule has 3 aliphatic rings. The number of likely N-dealkylation sites (tertiary alicyclic amines) is 2. The summed E-state index contributed by atoms with van der Waals surface area (Å²) < 4.78 is 5.65. The maximum Gasteiger partial charge on any atom is 0.242 e. The number of nitrogens with zero attached hydrogens (tertiary/aromatic N) is 2. The topological polar surface area (TPSA) is 65.8 Å². The monoisotopic (exact) mass is 387 g/mol. The van der Waals surface area contributed by atoms with Gasteiger partial charge in [0.1, 0.15) is 11.8 Å². The Kier molecular flexibility index (Phi) is 6.35. The van der Waals surface area contributed by atoms with Gasteiger partial charge in [-0.15, -0.1) is 0 Å². The molecule has 28 heavy (non-hydrogen) atoms. The number of hydrogen-bond donors (Lipinski definition) is 1. The Morgan fingerprint density at radius 2 is 1.82 bits per heavy atom. The van der Waals surface area contributed by atoms with E-state index in [0.29, 0.717) is 6.54 Å². The Labute approximate surface area is 167 Å². The molecule has 1 saturated carbocycles. The van der Waals surface area contributed by atoms with Crippen molar-refractivity contribution in [3.05, 3.63) is 24.2 Å². The minimum atomic E-state index is -0.301. The third-order valence-electron chi connectivity index (χ3n) is 6.72. The fourth-order valence-electron chi connectivity index (χ4n) is 5.15. The van der Waals surface area contributed by atoms with Gasteiger partial charge >= 0.3 is 0 Å². The van der Waals surface area contributed by atoms with E-state index >= 15 is 0 Å². The molecule has 0 spiro atoms. The van der Waals surface area contributed by atoms with E-state index in [9.17, 15) is 9.59 Å². The van der Waals surface area contributed by atoms with Crippen LogP contribution in [0.15, 0.2) is 22.8 Å². The lowest BCUT2D eigenvalue weighted by Crippen LogP contribution is -2.49. The van der Waals surface area contributed by atoms with Crippen LogP contribution in [-0.4, -0.2) is 53.8 Å². The summed E-state index contributed by atoms with van der Waals surface area (Å²) in [4.78, 5) is 30.2. The lowest BCUT2D eigenvalue weighted by molar-refractivity contribution is -0.142. The van der Waals surface area contributed by atoms with E-state index in [-0.39, 0.29) is 29.8 Å². The molecule has 6 nitrogen and oxygen atoms in total. The minimum Gasteiger partial charge on any atom is -0.468 e. The van der Waals surface area contributed by atoms with Crippen LogP contribution in [0.4, 0.5) is 0 Å². The van der Waals surface area contributed by atoms with E-state index < -0.39 is 0 Å². The SMILES string of the molecule is O=C(NC[C@H](c1ccco1)N1CCCC1)[C@H]1CCCN1C(=O)C1CCCCC1. The maximum atomic E-state index is 13.0. The Balaban J connectivity index is 1.37. The molecule has 2 atom stereocenters. The van der Waals surface area contributed by atoms with Crippen molar-refractivity contribution < 1.29 is 14.0 Å². The van der Waals surface area contributed by atoms with Crippen molar-refractivity contribution in [2.24, 2.45) is 5.92 Å². The fraction of sp³-hybridized carbons (Fsp3) is 0.727. The first-order chi connectivity index (χ1) is 13.7. The average molecular weight is 388 g/mol. The van der Waals surface area contributed by atoms with Crippen molar-refractivity contribution in [2.75, 3.05) is 26.2 Å². The minimum absolute atomic E-state index is 0.00240. The quantitative estimate of drug-likeness (QED) is 0.815. The van der Waals surface area contributed by atoms with E-state index in [0.717, 1.165) is 63.9 Å². The van der Waals surface area contributed by atoms with Gasteiger partial charge in [0.2, 0.25) is 11.8 Å². The summed E-state index contributed by atoms with van der Waals surface area (Å²) in [5.74, 6) is 1.24. The molecule has 2 saturated heterocycles. The molecule has 2 aliphatic heterocycles. The molecule has 0 radical (unpaired) electrons. The van der Waals surface area contributed by atoms with E-state index in [4.69, 9.17) is 4.42 Å². The van der Waals surface area contributed by atoms with Crippen molar-refractivity contribution in [3.63, 3.8) is 0 Å². The number of amides is 2. The molecule has 154 valence electrons. The van der Waals surface area contributed by atoms with Crippen molar-refractivity contribution in [1.82, 2.24) is 15.1 Å². The molecule has 0 bridgehead atoms. The molecule has 1 aromatic rings. The van der Waals surface area contributed by atoms with Gasteiger partial charge in [-0.25, -0.2) is 0 Å². The van der Waals surface area contributed by atoms with Crippen LogP contribution in [0.2, 0.25) is 0 Å². The van der Waals surface area contributed by atoms with Crippen LogP contribution in [-0.2, 0) is 9.59 Å². The smallest absolute Gasteiger partial charge is 0.242 e. The maximum absolute atomic E-state index is 13.0. The molecule has 0 aromatic carbocycles. The molecule has 6 heteroatoms. The van der Waals surface area contributed by atoms with Crippen LogP contribution < -0.4 is 5.32 Å². The predicted molar refractivity (Wildman–Crippen MR) is 107 cm³/mol. The highest BCUT2D eigenvalue weighted by Gasteiger charge is 2.37. The molecule has 1 aromatic heterocycles. The van der Waals surface area contributed by atoms with Gasteiger partial charge in [-0.1, -0.05) is 19.3 Å². The van der Waals surface area contributed by atoms with E-state index in [2.05, 4.69) is 10.2 Å². The highest BCUT2D eigenvalue weighted by molar-refractivity contribution is 5.89. The summed E-state index contributed by atoms with van der Waals surface area (Å²) in [6.07, 6.45) is 11.3. The van der Waals surface area contributed by atoms with Gasteiger partial charge in [-0.3, -0.25) is 14.5 Å². The van der Waals surface area contributed by atoms with Crippen molar-refractivity contribution in [2.45, 2.75) is 69.9 Å². The zero-order valence-corrected chi connectivity index (χ0v) is 16.8. The Bertz CT molecular complexity index is 648. The van der Waals surface area contributed by atoms with Gasteiger partial charge in [0.15, 0.2) is 0 Å². The number of hydrogen-bond acceptors (Lipinski definition) is 4. The summed E-state index contributed by atoms with van der Waals surface area (Å²) in [6, 6.07) is 3.67. The van der Waals surface area contributed by atoms with Crippen molar-refractivity contribution >= 4 is 11.8 Å². The zero-order valence-electron chi connectivity index (χ0n) is 16.8. The molecule has 3 fully saturated rings. The molecule has 2 amide bonds. The summed E-state index contributed by atoms with van der Waals surface area (Å²) in [5, 5.41) is 3.14. The van der Waals surface area contributed by atoms with Gasteiger partial charge in [0, 0.05) is 19.0 Å². The predicted octanol–water partition coefficient (Wildman–Crippen LogP) is 3.10. The third-order valence-corrected chi connectivity index (χ3v) is 6.72. The second-order valence-corrected chi connectivity index (χ2v) is 8.54. The van der Waals surface area contributed by atoms with Crippen LogP contribution in [0.25, 0.3) is 0 Å². The van der Waals surface area contributed by atoms with Crippen LogP contribution in [0.3, 0.4) is 0 Å². The van der Waals surface area contributed by atoms with Gasteiger partial charge < -0.3 is 14.6 Å². The lowest BCUT2D eigenvalue weighted by atomic mass is 9.88. The Morgan fingerprint density at radius 1 is 1.04 bits per heavy atom. The molecular formula is C22H33N3O3. The molecule has 1 aliphatic carbocycles. The normalized spacial score (nSPS) is 25.1. The number of carbonyl (C=O) groups excluding carboxylic acids is 2. The Hall–Kier alpha value is -1.82. The average Bonchev–Trinajstić information content (AvgIpc) is 3.50. The van der Waals surface area contributed by atoms with Crippen LogP contribution >= 0.6 is 0 Å². The summed E-state index contributed by atoms with van der Waals surface area (Å²) >= 11 is 0. The first kappa shape index (κ1) is 19.5. The van der Waals surface area contributed by atoms with Gasteiger partial charge in [0.25, 0.3) is 0 Å². The Morgan fingerprint density at radius 3 is 2.54 bits per heavy atom. The number of rotatable bonds is 6. The molecule has 4 rings (SSSR count). The van der Waals surface area contributed by atoms with Gasteiger partial charge in [-0.05, 0) is 63.7 Å². The second-order valence-electron chi connectivity index (χ2n) is 8.54. The standard InChI is InChI=1S/C22H33N3O3/c26-21(18-10-6-14-25(18)22(27)17-8-2-1-3-9-17)23-16-19(20-11-7-15-28-20)24-12-4-5-13-24/h7,11,15,17-19H,1-6,8-10,12-14,16H2,(H,23,26)/t18-,19-/m1/s1. The summed E-state index contributed by atoms with van der Waals surface area (Å²) in [6.45, 7) is 3.34. The van der Waals surface area contributed by atoms with E-state index in [1.807, 2.05) is 17.0 Å². The number of furan rings is 1. The molecular weight excluding hydrogens is 354 g/mol.